The molecule has 0 saturated heterocycles. The van der Waals surface area contributed by atoms with Crippen LogP contribution in [-0.4, -0.2) is 15.0 Å². The molecule has 0 atom stereocenters. The van der Waals surface area contributed by atoms with E-state index in [1.54, 1.807) is 0 Å². The van der Waals surface area contributed by atoms with Gasteiger partial charge in [0.25, 0.3) is 0 Å². The zero-order chi connectivity index (χ0) is 49.4. The molecule has 0 aliphatic rings. The van der Waals surface area contributed by atoms with E-state index in [9.17, 15) is 0 Å². The van der Waals surface area contributed by atoms with Gasteiger partial charge in [-0.25, -0.2) is 0 Å². The van der Waals surface area contributed by atoms with E-state index in [2.05, 4.69) is 282 Å². The number of hydrogen-bond donors (Lipinski definition) is 3. The van der Waals surface area contributed by atoms with E-state index in [1.165, 1.54) is 54.6 Å². The van der Waals surface area contributed by atoms with Crippen molar-refractivity contribution in [1.29, 1.82) is 0 Å². The van der Waals surface area contributed by atoms with Gasteiger partial charge in [-0.3, -0.25) is 0 Å². The van der Waals surface area contributed by atoms with Gasteiger partial charge in [0, 0.05) is 71.1 Å². The molecule has 12 aromatic carbocycles. The molecule has 3 heteroatoms. The molecule has 0 amide bonds. The quantitative estimate of drug-likeness (QED) is 0.136. The van der Waals surface area contributed by atoms with Crippen molar-refractivity contribution in [3.8, 4) is 89.0 Å². The number of rotatable bonds is 8. The second kappa shape index (κ2) is 17.4. The Hall–Kier alpha value is -9.96. The second-order valence-electron chi connectivity index (χ2n) is 19.7. The van der Waals surface area contributed by atoms with E-state index in [0.717, 1.165) is 99.9 Å². The molecule has 0 saturated carbocycles. The third-order valence-electron chi connectivity index (χ3n) is 15.6. The smallest absolute Gasteiger partial charge is 0.0551 e. The fourth-order valence-electron chi connectivity index (χ4n) is 12.3. The third kappa shape index (κ3) is 6.83. The van der Waals surface area contributed by atoms with Gasteiger partial charge in [-0.2, -0.15) is 0 Å². The minimum Gasteiger partial charge on any atom is -0.354 e. The normalized spacial score (nSPS) is 11.7. The van der Waals surface area contributed by atoms with Crippen LogP contribution >= 0.6 is 0 Å². The highest BCUT2D eigenvalue weighted by molar-refractivity contribution is 6.24. The SMILES string of the molecule is c1ccc(-c2ccccc2-c2ccccc2-c2ccc3c([nH]c4ccccc43)c2-c2cccc(-c3c(-c4ccccc4)ccc4c3[nH]c3ccccc34)c2-c2c(-c3ccccc3)ccc3c2[nH]c2ccccc23)cc1. The molecule has 15 aromatic rings. The lowest BCUT2D eigenvalue weighted by Gasteiger charge is -2.24. The lowest BCUT2D eigenvalue weighted by molar-refractivity contribution is 1.50. The Kier molecular flexibility index (Phi) is 9.89. The van der Waals surface area contributed by atoms with Crippen LogP contribution in [0, 0.1) is 0 Å². The predicted octanol–water partition coefficient (Wildman–Crippen LogP) is 19.9. The largest absolute Gasteiger partial charge is 0.354 e. The van der Waals surface area contributed by atoms with Crippen molar-refractivity contribution in [2.75, 3.05) is 0 Å². The predicted molar refractivity (Wildman–Crippen MR) is 318 cm³/mol. The van der Waals surface area contributed by atoms with Crippen LogP contribution in [0.25, 0.3) is 154 Å². The van der Waals surface area contributed by atoms with E-state index >= 15 is 0 Å². The van der Waals surface area contributed by atoms with Crippen molar-refractivity contribution in [3.63, 3.8) is 0 Å². The molecule has 350 valence electrons. The Morgan fingerprint density at radius 1 is 0.160 bits per heavy atom. The molecule has 0 bridgehead atoms. The summed E-state index contributed by atoms with van der Waals surface area (Å²) in [5.41, 5.74) is 25.1. The van der Waals surface area contributed by atoms with E-state index in [-0.39, 0.29) is 0 Å². The van der Waals surface area contributed by atoms with Crippen molar-refractivity contribution in [2.24, 2.45) is 0 Å². The first-order valence-corrected chi connectivity index (χ1v) is 25.8. The highest BCUT2D eigenvalue weighted by Gasteiger charge is 2.29. The number of aromatic nitrogens is 3. The summed E-state index contributed by atoms with van der Waals surface area (Å²) < 4.78 is 0. The summed E-state index contributed by atoms with van der Waals surface area (Å²) in [6.07, 6.45) is 0. The molecule has 0 aliphatic carbocycles. The van der Waals surface area contributed by atoms with Crippen LogP contribution in [0.5, 0.6) is 0 Å². The Morgan fingerprint density at radius 3 is 0.933 bits per heavy atom. The summed E-state index contributed by atoms with van der Waals surface area (Å²) >= 11 is 0. The molecule has 0 aliphatic heterocycles. The number of para-hydroxylation sites is 3. The zero-order valence-electron chi connectivity index (χ0n) is 40.9. The average molecular weight is 954 g/mol. The van der Waals surface area contributed by atoms with Crippen molar-refractivity contribution >= 4 is 65.4 Å². The summed E-state index contributed by atoms with van der Waals surface area (Å²) in [6.45, 7) is 0. The van der Waals surface area contributed by atoms with Crippen LogP contribution in [0.3, 0.4) is 0 Å². The van der Waals surface area contributed by atoms with Crippen LogP contribution in [-0.2, 0) is 0 Å². The molecular formula is C72H47N3. The van der Waals surface area contributed by atoms with Gasteiger partial charge < -0.3 is 15.0 Å². The summed E-state index contributed by atoms with van der Waals surface area (Å²) in [6, 6.07) is 97.8. The van der Waals surface area contributed by atoms with Gasteiger partial charge in [0.05, 0.1) is 16.6 Å². The molecule has 0 unspecified atom stereocenters. The maximum atomic E-state index is 4.07. The van der Waals surface area contributed by atoms with Gasteiger partial charge >= 0.3 is 0 Å². The minimum absolute atomic E-state index is 1.09. The first-order valence-electron chi connectivity index (χ1n) is 25.8. The molecule has 15 rings (SSSR count). The third-order valence-corrected chi connectivity index (χ3v) is 15.6. The Balaban J connectivity index is 1.15. The van der Waals surface area contributed by atoms with Crippen molar-refractivity contribution in [1.82, 2.24) is 15.0 Å². The minimum atomic E-state index is 1.09. The van der Waals surface area contributed by atoms with Gasteiger partial charge in [0.2, 0.25) is 0 Å². The van der Waals surface area contributed by atoms with Crippen LogP contribution in [0.1, 0.15) is 0 Å². The first kappa shape index (κ1) is 42.7. The monoisotopic (exact) mass is 953 g/mol. The molecule has 75 heavy (non-hydrogen) atoms. The molecule has 0 fully saturated rings. The highest BCUT2D eigenvalue weighted by Crippen LogP contribution is 2.54. The van der Waals surface area contributed by atoms with Crippen LogP contribution < -0.4 is 0 Å². The van der Waals surface area contributed by atoms with Crippen molar-refractivity contribution in [3.05, 3.63) is 267 Å². The first-order chi connectivity index (χ1) is 37.2. The topological polar surface area (TPSA) is 47.4 Å². The van der Waals surface area contributed by atoms with Crippen molar-refractivity contribution < 1.29 is 0 Å². The Labute approximate surface area is 434 Å². The summed E-state index contributed by atoms with van der Waals surface area (Å²) in [4.78, 5) is 12.1. The van der Waals surface area contributed by atoms with Crippen LogP contribution in [0.15, 0.2) is 267 Å². The van der Waals surface area contributed by atoms with Gasteiger partial charge in [0.1, 0.15) is 0 Å². The Morgan fingerprint density at radius 2 is 0.467 bits per heavy atom. The van der Waals surface area contributed by atoms with Gasteiger partial charge in [-0.05, 0) is 85.0 Å². The standard InChI is InChI=1S/C72H47N3/c1-4-21-45(22-5-1)48-27-10-11-28-51(48)52-29-12-13-30-53(52)57-41-44-59-55-32-15-18-37-64(55)74-71(59)68(57)62-35-20-34-61(67-49(46-23-6-2-7-24-46)39-42-58-54-31-14-17-36-63(54)73-70(58)67)66(62)69-50(47-25-8-3-9-26-47)40-43-60-56-33-16-19-38-65(56)75-72(60)69/h1-44,73-75H. The van der Waals surface area contributed by atoms with Gasteiger partial charge in [-0.1, -0.05) is 249 Å². The molecule has 3 nitrogen and oxygen atoms in total. The molecule has 3 N–H and O–H groups in total. The number of nitrogens with one attached hydrogen (secondary N) is 3. The lowest BCUT2D eigenvalue weighted by Crippen LogP contribution is -1.99. The lowest BCUT2D eigenvalue weighted by atomic mass is 9.79. The zero-order valence-corrected chi connectivity index (χ0v) is 40.9. The average Bonchev–Trinajstić information content (AvgIpc) is 4.21. The van der Waals surface area contributed by atoms with E-state index < -0.39 is 0 Å². The summed E-state index contributed by atoms with van der Waals surface area (Å²) in [7, 11) is 0. The summed E-state index contributed by atoms with van der Waals surface area (Å²) in [5, 5.41) is 7.13. The number of hydrogen-bond acceptors (Lipinski definition) is 0. The summed E-state index contributed by atoms with van der Waals surface area (Å²) in [5.74, 6) is 0. The van der Waals surface area contributed by atoms with E-state index in [4.69, 9.17) is 0 Å². The molecule has 3 heterocycles. The van der Waals surface area contributed by atoms with E-state index in [0.29, 0.717) is 0 Å². The fraction of sp³-hybridized carbons (Fsp3) is 0. The van der Waals surface area contributed by atoms with Crippen molar-refractivity contribution in [2.45, 2.75) is 0 Å². The van der Waals surface area contributed by atoms with Gasteiger partial charge in [-0.15, -0.1) is 0 Å². The highest BCUT2D eigenvalue weighted by atomic mass is 14.7. The second-order valence-corrected chi connectivity index (χ2v) is 19.7. The number of fused-ring (bicyclic) bond motifs is 9. The van der Waals surface area contributed by atoms with Crippen LogP contribution in [0.4, 0.5) is 0 Å². The fourth-order valence-corrected chi connectivity index (χ4v) is 12.3. The molecule has 0 radical (unpaired) electrons. The maximum Gasteiger partial charge on any atom is 0.0551 e. The van der Waals surface area contributed by atoms with Crippen LogP contribution in [0.2, 0.25) is 0 Å². The molecular weight excluding hydrogens is 907 g/mol. The van der Waals surface area contributed by atoms with Gasteiger partial charge in [0.15, 0.2) is 0 Å². The molecule has 0 spiro atoms. The maximum absolute atomic E-state index is 4.07. The number of aromatic amines is 3. The van der Waals surface area contributed by atoms with E-state index in [1.807, 2.05) is 0 Å². The Bertz CT molecular complexity index is 4690. The number of benzene rings is 12. The number of H-pyrrole nitrogens is 3. The molecule has 3 aromatic heterocycles.